The fourth-order valence-electron chi connectivity index (χ4n) is 4.74. The summed E-state index contributed by atoms with van der Waals surface area (Å²) in [5, 5.41) is 31.6. The summed E-state index contributed by atoms with van der Waals surface area (Å²) >= 11 is 6.85. The minimum atomic E-state index is -0.584. The molecular weight excluding hydrogens is 559 g/mol. The van der Waals surface area contributed by atoms with E-state index in [-0.39, 0.29) is 29.4 Å². The van der Waals surface area contributed by atoms with Gasteiger partial charge in [-0.2, -0.15) is 5.26 Å². The van der Waals surface area contributed by atoms with Crippen molar-refractivity contribution in [3.63, 3.8) is 0 Å². The van der Waals surface area contributed by atoms with E-state index in [1.807, 2.05) is 12.1 Å². The third-order valence-electron chi connectivity index (χ3n) is 6.81. The van der Waals surface area contributed by atoms with Crippen molar-refractivity contribution in [1.82, 2.24) is 15.3 Å². The number of methoxy groups -OCH3 is 2. The smallest absolute Gasteiger partial charge is 0.218 e. The van der Waals surface area contributed by atoms with E-state index in [0.29, 0.717) is 65.8 Å². The van der Waals surface area contributed by atoms with Crippen molar-refractivity contribution in [3.8, 4) is 51.5 Å². The van der Waals surface area contributed by atoms with Gasteiger partial charge in [-0.15, -0.1) is 0 Å². The molecule has 0 radical (unpaired) electrons. The Labute approximate surface area is 249 Å². The molecule has 0 spiro atoms. The minimum Gasteiger partial charge on any atom is -0.481 e. The van der Waals surface area contributed by atoms with E-state index in [1.54, 1.807) is 36.4 Å². The van der Waals surface area contributed by atoms with Gasteiger partial charge in [-0.3, -0.25) is 0 Å². The van der Waals surface area contributed by atoms with Gasteiger partial charge < -0.3 is 25.0 Å². The number of halogens is 2. The number of hydrogen-bond donors (Lipinski definition) is 3. The predicted octanol–water partition coefficient (Wildman–Crippen LogP) is 5.56. The third kappa shape index (κ3) is 6.69. The molecule has 0 aliphatic rings. The molecule has 0 atom stereocenters. The lowest BCUT2D eigenvalue weighted by Crippen LogP contribution is -2.18. The summed E-state index contributed by atoms with van der Waals surface area (Å²) in [4.78, 5) is 9.23. The second kappa shape index (κ2) is 14.7. The van der Waals surface area contributed by atoms with E-state index >= 15 is 4.39 Å². The second-order valence-corrected chi connectivity index (χ2v) is 9.81. The molecule has 3 N–H and O–H groups in total. The molecule has 4 aromatic rings. The molecule has 2 aromatic heterocycles. The summed E-state index contributed by atoms with van der Waals surface area (Å²) in [6.45, 7) is 0.994. The van der Waals surface area contributed by atoms with Crippen LogP contribution in [-0.2, 0) is 13.0 Å². The monoisotopic (exact) mass is 590 g/mol. The number of nitrogens with one attached hydrogen (secondary N) is 1. The summed E-state index contributed by atoms with van der Waals surface area (Å²) < 4.78 is 26.4. The number of hydrogen-bond acceptors (Lipinski definition) is 8. The number of pyridine rings is 2. The number of ether oxygens (including phenoxy) is 2. The quantitative estimate of drug-likeness (QED) is 0.173. The third-order valence-corrected chi connectivity index (χ3v) is 7.20. The summed E-state index contributed by atoms with van der Waals surface area (Å²) in [5.41, 5.74) is 4.26. The first-order valence-corrected chi connectivity index (χ1v) is 13.9. The molecule has 4 rings (SSSR count). The first-order valence-electron chi connectivity index (χ1n) is 13.5. The molecule has 8 nitrogen and oxygen atoms in total. The standard InChI is InChI=1S/C32H32ClFN4O4/c1-41-31-20(6-3-4-16-39)9-13-27(37-31)22-7-5-8-23(25(22)18-35)29-26(34)12-11-24(30(29)33)28-14-10-21(19-36-15-17-40)32(38-28)42-2/h5,7-14,36,39-40H,3-4,6,15-17,19H2,1-2H3. The van der Waals surface area contributed by atoms with Gasteiger partial charge in [0.05, 0.1) is 42.8 Å². The topological polar surface area (TPSA) is 121 Å². The van der Waals surface area contributed by atoms with Crippen LogP contribution >= 0.6 is 11.6 Å². The SMILES string of the molecule is COc1nc(-c2ccc(F)c(-c3cccc(-c4ccc(CCCCO)c(OC)n4)c3C#N)c2Cl)ccc1CNCCO. The Balaban J connectivity index is 1.78. The lowest BCUT2D eigenvalue weighted by atomic mass is 9.92. The Kier molecular flexibility index (Phi) is 10.8. The molecule has 2 heterocycles. The first-order chi connectivity index (χ1) is 20.5. The van der Waals surface area contributed by atoms with Crippen LogP contribution in [0.5, 0.6) is 11.8 Å². The van der Waals surface area contributed by atoms with Crippen LogP contribution in [0.3, 0.4) is 0 Å². The zero-order chi connectivity index (χ0) is 30.1. The van der Waals surface area contributed by atoms with E-state index in [2.05, 4.69) is 21.4 Å². The highest BCUT2D eigenvalue weighted by molar-refractivity contribution is 6.36. The number of aliphatic hydroxyl groups is 2. The van der Waals surface area contributed by atoms with E-state index in [4.69, 9.17) is 31.3 Å². The zero-order valence-corrected chi connectivity index (χ0v) is 24.2. The van der Waals surface area contributed by atoms with E-state index in [1.165, 1.54) is 20.3 Å². The van der Waals surface area contributed by atoms with Gasteiger partial charge >= 0.3 is 0 Å². The summed E-state index contributed by atoms with van der Waals surface area (Å²) in [7, 11) is 3.04. The van der Waals surface area contributed by atoms with Crippen molar-refractivity contribution < 1.29 is 24.1 Å². The molecule has 2 aromatic carbocycles. The molecule has 0 unspecified atom stereocenters. The fourth-order valence-corrected chi connectivity index (χ4v) is 5.09. The second-order valence-electron chi connectivity index (χ2n) is 9.43. The molecule has 0 aliphatic carbocycles. The van der Waals surface area contributed by atoms with Gasteiger partial charge in [0.1, 0.15) is 11.9 Å². The molecule has 0 fully saturated rings. The first kappa shape index (κ1) is 30.9. The number of unbranched alkanes of at least 4 members (excludes halogenated alkanes) is 1. The van der Waals surface area contributed by atoms with Gasteiger partial charge in [-0.25, -0.2) is 14.4 Å². The Hall–Kier alpha value is -4.07. The van der Waals surface area contributed by atoms with Gasteiger partial charge in [-0.1, -0.05) is 41.9 Å². The van der Waals surface area contributed by atoms with Crippen LogP contribution in [0.4, 0.5) is 4.39 Å². The molecule has 0 aliphatic heterocycles. The van der Waals surface area contributed by atoms with Crippen LogP contribution in [0.2, 0.25) is 5.02 Å². The van der Waals surface area contributed by atoms with E-state index < -0.39 is 5.82 Å². The van der Waals surface area contributed by atoms with E-state index in [9.17, 15) is 5.26 Å². The fraction of sp³-hybridized carbons (Fsp3) is 0.281. The molecule has 0 amide bonds. The van der Waals surface area contributed by atoms with Gasteiger partial charge in [-0.05, 0) is 43.5 Å². The Morgan fingerprint density at radius 2 is 1.52 bits per heavy atom. The Morgan fingerprint density at radius 3 is 2.19 bits per heavy atom. The maximum absolute atomic E-state index is 15.5. The zero-order valence-electron chi connectivity index (χ0n) is 23.5. The van der Waals surface area contributed by atoms with Crippen molar-refractivity contribution in [2.45, 2.75) is 25.8 Å². The van der Waals surface area contributed by atoms with Gasteiger partial charge in [0.25, 0.3) is 0 Å². The summed E-state index contributed by atoms with van der Waals surface area (Å²) in [6.07, 6.45) is 2.14. The van der Waals surface area contributed by atoms with Gasteiger partial charge in [0, 0.05) is 53.1 Å². The number of benzene rings is 2. The van der Waals surface area contributed by atoms with Crippen LogP contribution in [0.1, 0.15) is 29.5 Å². The lowest BCUT2D eigenvalue weighted by Gasteiger charge is -2.16. The number of aryl methyl sites for hydroxylation is 1. The van der Waals surface area contributed by atoms with Crippen molar-refractivity contribution in [2.24, 2.45) is 0 Å². The van der Waals surface area contributed by atoms with Crippen molar-refractivity contribution in [1.29, 1.82) is 5.26 Å². The molecule has 42 heavy (non-hydrogen) atoms. The van der Waals surface area contributed by atoms with Gasteiger partial charge in [0.2, 0.25) is 11.8 Å². The number of nitrogens with zero attached hydrogens (tertiary/aromatic N) is 3. The highest BCUT2D eigenvalue weighted by atomic mass is 35.5. The van der Waals surface area contributed by atoms with Crippen LogP contribution in [0, 0.1) is 17.1 Å². The lowest BCUT2D eigenvalue weighted by molar-refractivity contribution is 0.284. The highest BCUT2D eigenvalue weighted by Crippen LogP contribution is 2.41. The van der Waals surface area contributed by atoms with Crippen LogP contribution < -0.4 is 14.8 Å². The van der Waals surface area contributed by atoms with Crippen LogP contribution in [0.25, 0.3) is 33.6 Å². The number of nitriles is 1. The minimum absolute atomic E-state index is 0.00796. The number of aliphatic hydroxyl groups excluding tert-OH is 2. The highest BCUT2D eigenvalue weighted by Gasteiger charge is 2.22. The molecule has 0 bridgehead atoms. The van der Waals surface area contributed by atoms with Crippen LogP contribution in [0.15, 0.2) is 54.6 Å². The number of rotatable bonds is 13. The van der Waals surface area contributed by atoms with Gasteiger partial charge in [0.15, 0.2) is 0 Å². The van der Waals surface area contributed by atoms with Crippen molar-refractivity contribution in [2.75, 3.05) is 34.0 Å². The van der Waals surface area contributed by atoms with Crippen molar-refractivity contribution >= 4 is 11.6 Å². The molecule has 10 heteroatoms. The molecular formula is C32H32ClFN4O4. The Bertz CT molecular complexity index is 1590. The maximum Gasteiger partial charge on any atom is 0.218 e. The summed E-state index contributed by atoms with van der Waals surface area (Å²) in [5.74, 6) is 0.222. The average molecular weight is 591 g/mol. The largest absolute Gasteiger partial charge is 0.481 e. The number of aromatic nitrogens is 2. The van der Waals surface area contributed by atoms with E-state index in [0.717, 1.165) is 17.5 Å². The normalized spacial score (nSPS) is 10.9. The average Bonchev–Trinajstić information content (AvgIpc) is 3.01. The predicted molar refractivity (Wildman–Crippen MR) is 160 cm³/mol. The summed E-state index contributed by atoms with van der Waals surface area (Å²) in [6, 6.07) is 17.5. The molecule has 0 saturated heterocycles. The maximum atomic E-state index is 15.5. The Morgan fingerprint density at radius 1 is 0.857 bits per heavy atom. The van der Waals surface area contributed by atoms with Crippen molar-refractivity contribution in [3.05, 3.63) is 82.1 Å². The molecule has 0 saturated carbocycles. The molecule has 218 valence electrons. The van der Waals surface area contributed by atoms with Crippen LogP contribution in [-0.4, -0.2) is 54.2 Å².